The fourth-order valence-corrected chi connectivity index (χ4v) is 1.92. The first-order valence-corrected chi connectivity index (χ1v) is 6.50. The van der Waals surface area contributed by atoms with Gasteiger partial charge in [0.15, 0.2) is 11.5 Å². The minimum Gasteiger partial charge on any atom is -0.493 e. The van der Waals surface area contributed by atoms with Gasteiger partial charge in [-0.1, -0.05) is 6.07 Å². The van der Waals surface area contributed by atoms with Crippen LogP contribution >= 0.6 is 11.6 Å². The smallest absolute Gasteiger partial charge is 0.322 e. The number of benzene rings is 1. The molecule has 1 aromatic heterocycles. The number of aryl methyl sites for hydroxylation is 1. The Kier molecular flexibility index (Phi) is 4.63. The first kappa shape index (κ1) is 14.4. The minimum atomic E-state index is 0.221. The molecule has 0 aliphatic carbocycles. The van der Waals surface area contributed by atoms with E-state index in [1.165, 1.54) is 0 Å². The zero-order chi connectivity index (χ0) is 14.5. The van der Waals surface area contributed by atoms with E-state index < -0.39 is 0 Å². The van der Waals surface area contributed by atoms with Crippen molar-refractivity contribution in [3.8, 4) is 23.3 Å². The molecule has 0 fully saturated rings. The molecule has 1 heterocycles. The lowest BCUT2D eigenvalue weighted by atomic mass is 10.3. The Morgan fingerprint density at radius 1 is 1.15 bits per heavy atom. The van der Waals surface area contributed by atoms with E-state index >= 15 is 0 Å². The van der Waals surface area contributed by atoms with Crippen LogP contribution in [-0.2, 0) is 5.88 Å². The van der Waals surface area contributed by atoms with Crippen molar-refractivity contribution in [2.24, 2.45) is 0 Å². The predicted molar refractivity (Wildman–Crippen MR) is 75.9 cm³/mol. The van der Waals surface area contributed by atoms with Crippen LogP contribution in [0.5, 0.6) is 23.3 Å². The van der Waals surface area contributed by atoms with Crippen LogP contribution in [0.2, 0.25) is 0 Å². The summed E-state index contributed by atoms with van der Waals surface area (Å²) in [7, 11) is 3.12. The summed E-state index contributed by atoms with van der Waals surface area (Å²) >= 11 is 5.78. The summed E-state index contributed by atoms with van der Waals surface area (Å²) < 4.78 is 16.2. The van der Waals surface area contributed by atoms with Gasteiger partial charge in [-0.15, -0.1) is 11.6 Å². The summed E-state index contributed by atoms with van der Waals surface area (Å²) in [6, 6.07) is 5.59. The Hall–Kier alpha value is -2.01. The highest BCUT2D eigenvalue weighted by molar-refractivity contribution is 6.17. The molecule has 5 nitrogen and oxygen atoms in total. The highest BCUT2D eigenvalue weighted by Crippen LogP contribution is 2.39. The molecule has 0 aliphatic rings. The van der Waals surface area contributed by atoms with Crippen molar-refractivity contribution in [2.45, 2.75) is 12.8 Å². The first-order valence-electron chi connectivity index (χ1n) is 5.97. The Morgan fingerprint density at radius 2 is 1.80 bits per heavy atom. The van der Waals surface area contributed by atoms with Crippen LogP contribution in [0.25, 0.3) is 0 Å². The third-order valence-electron chi connectivity index (χ3n) is 2.78. The van der Waals surface area contributed by atoms with Gasteiger partial charge >= 0.3 is 6.01 Å². The van der Waals surface area contributed by atoms with Crippen molar-refractivity contribution in [3.63, 3.8) is 0 Å². The van der Waals surface area contributed by atoms with Crippen LogP contribution < -0.4 is 14.2 Å². The number of methoxy groups -OCH3 is 2. The highest BCUT2D eigenvalue weighted by atomic mass is 35.5. The summed E-state index contributed by atoms with van der Waals surface area (Å²) in [5.41, 5.74) is 1.64. The van der Waals surface area contributed by atoms with Gasteiger partial charge in [0.1, 0.15) is 0 Å². The highest BCUT2D eigenvalue weighted by Gasteiger charge is 2.14. The van der Waals surface area contributed by atoms with Crippen molar-refractivity contribution in [1.82, 2.24) is 9.97 Å². The molecule has 0 amide bonds. The number of halogens is 1. The zero-order valence-corrected chi connectivity index (χ0v) is 12.3. The van der Waals surface area contributed by atoms with E-state index in [4.69, 9.17) is 25.8 Å². The largest absolute Gasteiger partial charge is 0.493 e. The van der Waals surface area contributed by atoms with Crippen molar-refractivity contribution in [1.29, 1.82) is 0 Å². The number of aromatic nitrogens is 2. The van der Waals surface area contributed by atoms with Gasteiger partial charge in [-0.25, -0.2) is 4.98 Å². The number of hydrogen-bond donors (Lipinski definition) is 0. The molecule has 0 bridgehead atoms. The molecular formula is C14H15ClN2O3. The molecular weight excluding hydrogens is 280 g/mol. The van der Waals surface area contributed by atoms with Gasteiger partial charge in [0.2, 0.25) is 5.75 Å². The average Bonchev–Trinajstić information content (AvgIpc) is 2.47. The van der Waals surface area contributed by atoms with Gasteiger partial charge in [-0.05, 0) is 19.1 Å². The van der Waals surface area contributed by atoms with Crippen molar-refractivity contribution < 1.29 is 14.2 Å². The SMILES string of the molecule is COc1cccc(OC)c1Oc1ncc(CCl)c(C)n1. The number of alkyl halides is 1. The molecule has 2 aromatic rings. The van der Waals surface area contributed by atoms with Gasteiger partial charge in [0.25, 0.3) is 0 Å². The van der Waals surface area contributed by atoms with Crippen molar-refractivity contribution in [3.05, 3.63) is 35.7 Å². The Bertz CT molecular complexity index is 583. The molecule has 0 aliphatic heterocycles. The van der Waals surface area contributed by atoms with Gasteiger partial charge in [0.05, 0.1) is 20.1 Å². The zero-order valence-electron chi connectivity index (χ0n) is 11.5. The normalized spacial score (nSPS) is 10.2. The molecule has 0 unspecified atom stereocenters. The number of para-hydroxylation sites is 1. The van der Waals surface area contributed by atoms with Crippen molar-refractivity contribution >= 4 is 11.6 Å². The molecule has 106 valence electrons. The molecule has 1 aromatic carbocycles. The number of ether oxygens (including phenoxy) is 3. The van der Waals surface area contributed by atoms with Crippen LogP contribution in [0.3, 0.4) is 0 Å². The van der Waals surface area contributed by atoms with E-state index in [0.717, 1.165) is 11.3 Å². The van der Waals surface area contributed by atoms with E-state index in [1.807, 2.05) is 13.0 Å². The maximum Gasteiger partial charge on any atom is 0.322 e. The van der Waals surface area contributed by atoms with Crippen LogP contribution in [0.1, 0.15) is 11.3 Å². The molecule has 0 radical (unpaired) electrons. The topological polar surface area (TPSA) is 53.5 Å². The molecule has 0 saturated heterocycles. The summed E-state index contributed by atoms with van der Waals surface area (Å²) in [6.45, 7) is 1.85. The lowest BCUT2D eigenvalue weighted by Crippen LogP contribution is -2.00. The first-order chi connectivity index (χ1) is 9.69. The Labute approximate surface area is 122 Å². The second kappa shape index (κ2) is 6.43. The predicted octanol–water partition coefficient (Wildman–Crippen LogP) is 3.33. The van der Waals surface area contributed by atoms with Crippen LogP contribution in [-0.4, -0.2) is 24.2 Å². The second-order valence-electron chi connectivity index (χ2n) is 3.99. The van der Waals surface area contributed by atoms with Crippen LogP contribution in [0.4, 0.5) is 0 Å². The maximum absolute atomic E-state index is 5.78. The van der Waals surface area contributed by atoms with E-state index in [2.05, 4.69) is 9.97 Å². The molecule has 0 N–H and O–H groups in total. The fraction of sp³-hybridized carbons (Fsp3) is 0.286. The number of hydrogen-bond acceptors (Lipinski definition) is 5. The third-order valence-corrected chi connectivity index (χ3v) is 3.07. The van der Waals surface area contributed by atoms with Gasteiger partial charge in [0, 0.05) is 17.5 Å². The van der Waals surface area contributed by atoms with Crippen LogP contribution in [0, 0.1) is 6.92 Å². The fourth-order valence-electron chi connectivity index (χ4n) is 1.66. The standard InChI is InChI=1S/C14H15ClN2O3/c1-9-10(7-15)8-16-14(17-9)20-13-11(18-2)5-4-6-12(13)19-3/h4-6,8H,7H2,1-3H3. The summed E-state index contributed by atoms with van der Waals surface area (Å²) in [6.07, 6.45) is 1.65. The third kappa shape index (κ3) is 2.93. The Morgan fingerprint density at radius 3 is 2.30 bits per heavy atom. The molecule has 0 spiro atoms. The Balaban J connectivity index is 2.36. The quantitative estimate of drug-likeness (QED) is 0.792. The van der Waals surface area contributed by atoms with E-state index in [0.29, 0.717) is 23.1 Å². The monoisotopic (exact) mass is 294 g/mol. The van der Waals surface area contributed by atoms with Crippen LogP contribution in [0.15, 0.2) is 24.4 Å². The lowest BCUT2D eigenvalue weighted by Gasteiger charge is -2.13. The molecule has 20 heavy (non-hydrogen) atoms. The van der Waals surface area contributed by atoms with E-state index in [9.17, 15) is 0 Å². The van der Waals surface area contributed by atoms with Gasteiger partial charge in [-0.3, -0.25) is 0 Å². The van der Waals surface area contributed by atoms with E-state index in [-0.39, 0.29) is 6.01 Å². The summed E-state index contributed by atoms with van der Waals surface area (Å²) in [4.78, 5) is 8.39. The maximum atomic E-state index is 5.78. The average molecular weight is 295 g/mol. The number of nitrogens with zero attached hydrogens (tertiary/aromatic N) is 2. The second-order valence-corrected chi connectivity index (χ2v) is 4.26. The molecule has 2 rings (SSSR count). The van der Waals surface area contributed by atoms with Crippen molar-refractivity contribution in [2.75, 3.05) is 14.2 Å². The van der Waals surface area contributed by atoms with Gasteiger partial charge < -0.3 is 14.2 Å². The summed E-state index contributed by atoms with van der Waals surface area (Å²) in [5.74, 6) is 1.90. The minimum absolute atomic E-state index is 0.221. The van der Waals surface area contributed by atoms with E-state index in [1.54, 1.807) is 32.5 Å². The number of rotatable bonds is 5. The van der Waals surface area contributed by atoms with Gasteiger partial charge in [-0.2, -0.15) is 4.98 Å². The molecule has 0 atom stereocenters. The molecule has 6 heteroatoms. The molecule has 0 saturated carbocycles. The summed E-state index contributed by atoms with van der Waals surface area (Å²) in [5, 5.41) is 0. The lowest BCUT2D eigenvalue weighted by molar-refractivity contribution is 0.336.